The minimum Gasteiger partial charge on any atom is -0.482 e. The second-order valence-electron chi connectivity index (χ2n) is 4.01. The average molecular weight is 265 g/mol. The first-order valence-electron chi connectivity index (χ1n) is 4.88. The quantitative estimate of drug-likeness (QED) is 0.784. The zero-order chi connectivity index (χ0) is 10.5. The fourth-order valence-electron chi connectivity index (χ4n) is 1.93. The Hall–Kier alpha value is -1.21. The van der Waals surface area contributed by atoms with Crippen LogP contribution in [-0.2, 0) is 0 Å². The number of rotatable bonds is 0. The van der Waals surface area contributed by atoms with Crippen molar-refractivity contribution in [2.75, 3.05) is 5.32 Å². The topological polar surface area (TPSA) is 45.0 Å². The van der Waals surface area contributed by atoms with Crippen molar-refractivity contribution >= 4 is 21.6 Å². The minimum atomic E-state index is -0.254. The van der Waals surface area contributed by atoms with E-state index in [1.165, 1.54) is 0 Å². The van der Waals surface area contributed by atoms with E-state index in [0.717, 1.165) is 28.8 Å². The molecule has 0 saturated heterocycles. The second-order valence-corrected chi connectivity index (χ2v) is 4.93. The van der Waals surface area contributed by atoms with E-state index in [4.69, 9.17) is 10.00 Å². The summed E-state index contributed by atoms with van der Waals surface area (Å²) in [7, 11) is 0. The highest BCUT2D eigenvalue weighted by atomic mass is 79.9. The van der Waals surface area contributed by atoms with Gasteiger partial charge in [0.15, 0.2) is 6.04 Å². The Morgan fingerprint density at radius 3 is 3.00 bits per heavy atom. The fraction of sp³-hybridized carbons (Fsp3) is 0.364. The van der Waals surface area contributed by atoms with Gasteiger partial charge in [-0.25, -0.2) is 0 Å². The Morgan fingerprint density at radius 2 is 2.33 bits per heavy atom. The summed E-state index contributed by atoms with van der Waals surface area (Å²) in [6.45, 7) is 0. The molecule has 1 aliphatic carbocycles. The number of hydrogen-bond acceptors (Lipinski definition) is 3. The van der Waals surface area contributed by atoms with Crippen LogP contribution in [0.4, 0.5) is 5.69 Å². The fourth-order valence-corrected chi connectivity index (χ4v) is 2.29. The third-order valence-electron chi connectivity index (χ3n) is 2.95. The predicted octanol–water partition coefficient (Wildman–Crippen LogP) is 2.68. The summed E-state index contributed by atoms with van der Waals surface area (Å²) in [5.74, 6) is 0.849. The van der Waals surface area contributed by atoms with Crippen LogP contribution < -0.4 is 10.1 Å². The van der Waals surface area contributed by atoms with Gasteiger partial charge in [-0.15, -0.1) is 0 Å². The van der Waals surface area contributed by atoms with E-state index in [1.807, 2.05) is 18.2 Å². The van der Waals surface area contributed by atoms with Crippen LogP contribution in [-0.4, -0.2) is 11.6 Å². The molecule has 0 bridgehead atoms. The summed E-state index contributed by atoms with van der Waals surface area (Å²) in [5.41, 5.74) is 0.642. The molecule has 1 spiro atoms. The standard InChI is InChI=1S/C11H9BrN2O/c12-7-1-2-9-8(5-7)14-10(6-13)11(15-9)3-4-11/h1-2,5,10,14H,3-4H2. The molecule has 1 aromatic carbocycles. The van der Waals surface area contributed by atoms with Gasteiger partial charge in [0.25, 0.3) is 0 Å². The smallest absolute Gasteiger partial charge is 0.154 e. The van der Waals surface area contributed by atoms with Crippen LogP contribution in [0.25, 0.3) is 0 Å². The third kappa shape index (κ3) is 1.30. The third-order valence-corrected chi connectivity index (χ3v) is 3.45. The molecule has 1 heterocycles. The number of nitriles is 1. The lowest BCUT2D eigenvalue weighted by molar-refractivity contribution is 0.163. The van der Waals surface area contributed by atoms with Crippen LogP contribution in [0.2, 0.25) is 0 Å². The molecule has 1 aliphatic heterocycles. The molecule has 76 valence electrons. The Labute approximate surface area is 96.2 Å². The van der Waals surface area contributed by atoms with Crippen LogP contribution in [0, 0.1) is 11.3 Å². The first kappa shape index (κ1) is 9.05. The molecule has 1 atom stereocenters. The van der Waals surface area contributed by atoms with E-state index in [1.54, 1.807) is 0 Å². The first-order valence-corrected chi connectivity index (χ1v) is 5.68. The van der Waals surface area contributed by atoms with Crippen molar-refractivity contribution in [3.63, 3.8) is 0 Å². The van der Waals surface area contributed by atoms with E-state index in [9.17, 15) is 0 Å². The maximum Gasteiger partial charge on any atom is 0.154 e. The summed E-state index contributed by atoms with van der Waals surface area (Å²) in [6, 6.07) is 7.86. The Balaban J connectivity index is 2.03. The molecule has 0 amide bonds. The largest absolute Gasteiger partial charge is 0.482 e. The summed E-state index contributed by atoms with van der Waals surface area (Å²) < 4.78 is 6.87. The predicted molar refractivity (Wildman–Crippen MR) is 59.8 cm³/mol. The van der Waals surface area contributed by atoms with E-state index in [-0.39, 0.29) is 11.6 Å². The van der Waals surface area contributed by atoms with Crippen molar-refractivity contribution in [1.82, 2.24) is 0 Å². The number of benzene rings is 1. The molecule has 0 aromatic heterocycles. The summed E-state index contributed by atoms with van der Waals surface area (Å²) in [4.78, 5) is 0. The Morgan fingerprint density at radius 1 is 1.53 bits per heavy atom. The van der Waals surface area contributed by atoms with Gasteiger partial charge in [0, 0.05) is 4.47 Å². The minimum absolute atomic E-state index is 0.223. The molecule has 4 heteroatoms. The molecular formula is C11H9BrN2O. The number of hydrogen-bond donors (Lipinski definition) is 1. The van der Waals surface area contributed by atoms with Crippen LogP contribution >= 0.6 is 15.9 Å². The number of anilines is 1. The molecule has 3 rings (SSSR count). The monoisotopic (exact) mass is 264 g/mol. The highest BCUT2D eigenvalue weighted by Crippen LogP contribution is 2.49. The van der Waals surface area contributed by atoms with Crippen molar-refractivity contribution in [2.24, 2.45) is 0 Å². The lowest BCUT2D eigenvalue weighted by Crippen LogP contribution is -2.42. The molecule has 1 unspecified atom stereocenters. The van der Waals surface area contributed by atoms with Gasteiger partial charge in [0.1, 0.15) is 11.4 Å². The summed E-state index contributed by atoms with van der Waals surface area (Å²) in [6.07, 6.45) is 1.93. The van der Waals surface area contributed by atoms with Gasteiger partial charge in [0.05, 0.1) is 11.8 Å². The number of nitrogens with zero attached hydrogens (tertiary/aromatic N) is 1. The molecule has 1 fully saturated rings. The Bertz CT molecular complexity index is 462. The van der Waals surface area contributed by atoms with E-state index < -0.39 is 0 Å². The second kappa shape index (κ2) is 2.89. The van der Waals surface area contributed by atoms with Gasteiger partial charge in [-0.2, -0.15) is 5.26 Å². The van der Waals surface area contributed by atoms with Crippen molar-refractivity contribution < 1.29 is 4.74 Å². The normalized spacial score (nSPS) is 24.7. The lowest BCUT2D eigenvalue weighted by atomic mass is 10.1. The maximum absolute atomic E-state index is 9.06. The molecule has 1 N–H and O–H groups in total. The van der Waals surface area contributed by atoms with Crippen LogP contribution in [0.5, 0.6) is 5.75 Å². The number of halogens is 1. The number of ether oxygens (including phenoxy) is 1. The van der Waals surface area contributed by atoms with E-state index >= 15 is 0 Å². The molecule has 3 nitrogen and oxygen atoms in total. The average Bonchev–Trinajstić information content (AvgIpc) is 2.98. The molecule has 0 radical (unpaired) electrons. The summed E-state index contributed by atoms with van der Waals surface area (Å²) in [5, 5.41) is 12.3. The first-order chi connectivity index (χ1) is 7.23. The van der Waals surface area contributed by atoms with Gasteiger partial charge in [-0.05, 0) is 31.0 Å². The van der Waals surface area contributed by atoms with Gasteiger partial charge < -0.3 is 10.1 Å². The molecular weight excluding hydrogens is 256 g/mol. The van der Waals surface area contributed by atoms with E-state index in [0.29, 0.717) is 0 Å². The molecule has 2 aliphatic rings. The lowest BCUT2D eigenvalue weighted by Gasteiger charge is -2.31. The van der Waals surface area contributed by atoms with Gasteiger partial charge in [-0.3, -0.25) is 0 Å². The molecule has 1 aromatic rings. The van der Waals surface area contributed by atoms with Gasteiger partial charge in [0.2, 0.25) is 0 Å². The molecule has 1 saturated carbocycles. The van der Waals surface area contributed by atoms with Crippen molar-refractivity contribution in [3.05, 3.63) is 22.7 Å². The zero-order valence-electron chi connectivity index (χ0n) is 7.96. The van der Waals surface area contributed by atoms with Crippen molar-refractivity contribution in [3.8, 4) is 11.8 Å². The molecule has 15 heavy (non-hydrogen) atoms. The zero-order valence-corrected chi connectivity index (χ0v) is 9.54. The van der Waals surface area contributed by atoms with Crippen molar-refractivity contribution in [1.29, 1.82) is 5.26 Å². The van der Waals surface area contributed by atoms with Crippen LogP contribution in [0.1, 0.15) is 12.8 Å². The van der Waals surface area contributed by atoms with Crippen molar-refractivity contribution in [2.45, 2.75) is 24.5 Å². The summed E-state index contributed by atoms with van der Waals surface area (Å²) >= 11 is 3.40. The van der Waals surface area contributed by atoms with Gasteiger partial charge >= 0.3 is 0 Å². The van der Waals surface area contributed by atoms with E-state index in [2.05, 4.69) is 27.3 Å². The number of fused-ring (bicyclic) bond motifs is 1. The Kier molecular flexibility index (Phi) is 1.74. The SMILES string of the molecule is N#CC1Nc2cc(Br)ccc2OC12CC2. The van der Waals surface area contributed by atoms with Crippen LogP contribution in [0.15, 0.2) is 22.7 Å². The highest BCUT2D eigenvalue weighted by molar-refractivity contribution is 9.10. The van der Waals surface area contributed by atoms with Crippen LogP contribution in [0.3, 0.4) is 0 Å². The maximum atomic E-state index is 9.06. The van der Waals surface area contributed by atoms with Gasteiger partial charge in [-0.1, -0.05) is 15.9 Å². The number of nitrogens with one attached hydrogen (secondary N) is 1. The highest BCUT2D eigenvalue weighted by Gasteiger charge is 2.55.